The zero-order valence-electron chi connectivity index (χ0n) is 9.95. The lowest BCUT2D eigenvalue weighted by molar-refractivity contribution is 0.364. The first-order valence-electron chi connectivity index (χ1n) is 5.15. The Labute approximate surface area is 109 Å². The van der Waals surface area contributed by atoms with Gasteiger partial charge in [0.25, 0.3) is 0 Å². The number of phenols is 1. The molecule has 0 unspecified atom stereocenters. The minimum atomic E-state index is 0.225. The van der Waals surface area contributed by atoms with Gasteiger partial charge < -0.3 is 14.6 Å². The van der Waals surface area contributed by atoms with Crippen molar-refractivity contribution in [1.29, 1.82) is 0 Å². The van der Waals surface area contributed by atoms with Gasteiger partial charge in [-0.1, -0.05) is 0 Å². The van der Waals surface area contributed by atoms with Crippen molar-refractivity contribution < 1.29 is 14.6 Å². The molecule has 5 nitrogen and oxygen atoms in total. The molecule has 0 fully saturated rings. The highest BCUT2D eigenvalue weighted by Crippen LogP contribution is 2.29. The molecule has 0 aliphatic heterocycles. The van der Waals surface area contributed by atoms with E-state index in [4.69, 9.17) is 9.47 Å². The highest BCUT2D eigenvalue weighted by Gasteiger charge is 2.07. The molecule has 1 N–H and O–H groups in total. The fraction of sp³-hybridized carbons (Fsp3) is 0.167. The lowest BCUT2D eigenvalue weighted by atomic mass is 10.3. The maximum atomic E-state index is 9.21. The molecule has 0 aliphatic rings. The van der Waals surface area contributed by atoms with Gasteiger partial charge in [0.1, 0.15) is 5.75 Å². The highest BCUT2D eigenvalue weighted by atomic mass is 32.2. The standard InChI is InChI=1S/C12H12N2O3S/c1-16-10-7-11(17-2)14-12(13-10)18-9-5-3-8(15)4-6-9/h3-7,15H,1-2H3. The topological polar surface area (TPSA) is 64.5 Å². The Morgan fingerprint density at radius 2 is 1.56 bits per heavy atom. The van der Waals surface area contributed by atoms with E-state index in [1.165, 1.54) is 26.0 Å². The Morgan fingerprint density at radius 1 is 1.00 bits per heavy atom. The number of benzene rings is 1. The van der Waals surface area contributed by atoms with Crippen molar-refractivity contribution in [3.63, 3.8) is 0 Å². The van der Waals surface area contributed by atoms with Crippen LogP contribution in [0.3, 0.4) is 0 Å². The van der Waals surface area contributed by atoms with Crippen molar-refractivity contribution in [3.05, 3.63) is 30.3 Å². The van der Waals surface area contributed by atoms with Gasteiger partial charge >= 0.3 is 0 Å². The van der Waals surface area contributed by atoms with Crippen LogP contribution in [0.5, 0.6) is 17.5 Å². The van der Waals surface area contributed by atoms with Crippen LogP contribution in [0.25, 0.3) is 0 Å². The molecule has 94 valence electrons. The second-order valence-electron chi connectivity index (χ2n) is 3.33. The molecule has 0 saturated carbocycles. The minimum absolute atomic E-state index is 0.225. The Balaban J connectivity index is 2.25. The lowest BCUT2D eigenvalue weighted by Crippen LogP contribution is -1.95. The summed E-state index contributed by atoms with van der Waals surface area (Å²) in [5.41, 5.74) is 0. The first kappa shape index (κ1) is 12.5. The third-order valence-corrected chi connectivity index (χ3v) is 3.00. The fourth-order valence-corrected chi connectivity index (χ4v) is 2.01. The van der Waals surface area contributed by atoms with Crippen LogP contribution in [-0.2, 0) is 0 Å². The molecule has 2 aromatic rings. The molecule has 0 bridgehead atoms. The van der Waals surface area contributed by atoms with Gasteiger partial charge in [0.2, 0.25) is 11.8 Å². The van der Waals surface area contributed by atoms with E-state index in [-0.39, 0.29) is 5.75 Å². The van der Waals surface area contributed by atoms with E-state index in [0.717, 1.165) is 4.90 Å². The summed E-state index contributed by atoms with van der Waals surface area (Å²) in [6, 6.07) is 8.41. The predicted octanol–water partition coefficient (Wildman–Crippen LogP) is 2.35. The van der Waals surface area contributed by atoms with Gasteiger partial charge in [-0.25, -0.2) is 0 Å². The summed E-state index contributed by atoms with van der Waals surface area (Å²) >= 11 is 1.36. The highest BCUT2D eigenvalue weighted by molar-refractivity contribution is 7.99. The number of aromatic nitrogens is 2. The first-order valence-corrected chi connectivity index (χ1v) is 5.97. The van der Waals surface area contributed by atoms with Gasteiger partial charge in [0.15, 0.2) is 5.16 Å². The molecule has 0 atom stereocenters. The van der Waals surface area contributed by atoms with Gasteiger partial charge in [0.05, 0.1) is 20.3 Å². The lowest BCUT2D eigenvalue weighted by Gasteiger charge is -2.05. The molecule has 0 spiro atoms. The van der Waals surface area contributed by atoms with Gasteiger partial charge in [-0.15, -0.1) is 0 Å². The normalized spacial score (nSPS) is 10.1. The number of ether oxygens (including phenoxy) is 2. The average molecular weight is 264 g/mol. The average Bonchev–Trinajstić information content (AvgIpc) is 2.41. The van der Waals surface area contributed by atoms with Crippen molar-refractivity contribution in [3.8, 4) is 17.5 Å². The quantitative estimate of drug-likeness (QED) is 0.855. The fourth-order valence-electron chi connectivity index (χ4n) is 1.26. The summed E-state index contributed by atoms with van der Waals surface area (Å²) in [4.78, 5) is 9.33. The van der Waals surface area contributed by atoms with E-state index in [2.05, 4.69) is 9.97 Å². The van der Waals surface area contributed by atoms with Crippen LogP contribution in [0.1, 0.15) is 0 Å². The zero-order valence-corrected chi connectivity index (χ0v) is 10.8. The third-order valence-electron chi connectivity index (χ3n) is 2.12. The van der Waals surface area contributed by atoms with Crippen LogP contribution in [-0.4, -0.2) is 29.3 Å². The van der Waals surface area contributed by atoms with Crippen molar-refractivity contribution in [2.45, 2.75) is 10.1 Å². The van der Waals surface area contributed by atoms with Crippen LogP contribution in [0.4, 0.5) is 0 Å². The number of hydrogen-bond acceptors (Lipinski definition) is 6. The molecular weight excluding hydrogens is 252 g/mol. The Morgan fingerprint density at radius 3 is 2.06 bits per heavy atom. The van der Waals surface area contributed by atoms with Crippen molar-refractivity contribution >= 4 is 11.8 Å². The van der Waals surface area contributed by atoms with Crippen molar-refractivity contribution in [2.75, 3.05) is 14.2 Å². The van der Waals surface area contributed by atoms with E-state index >= 15 is 0 Å². The Kier molecular flexibility index (Phi) is 3.88. The van der Waals surface area contributed by atoms with Crippen LogP contribution in [0.2, 0.25) is 0 Å². The van der Waals surface area contributed by atoms with Crippen LogP contribution >= 0.6 is 11.8 Å². The summed E-state index contributed by atoms with van der Waals surface area (Å²) < 4.78 is 10.1. The molecule has 0 radical (unpaired) electrons. The summed E-state index contributed by atoms with van der Waals surface area (Å²) in [6.07, 6.45) is 0. The molecule has 0 saturated heterocycles. The molecular formula is C12H12N2O3S. The first-order chi connectivity index (χ1) is 8.71. The zero-order chi connectivity index (χ0) is 13.0. The van der Waals surface area contributed by atoms with E-state index in [1.807, 2.05) is 0 Å². The third kappa shape index (κ3) is 3.04. The largest absolute Gasteiger partial charge is 0.508 e. The van der Waals surface area contributed by atoms with Crippen LogP contribution in [0, 0.1) is 0 Å². The monoisotopic (exact) mass is 264 g/mol. The summed E-state index contributed by atoms with van der Waals surface area (Å²) in [7, 11) is 3.08. The number of rotatable bonds is 4. The summed E-state index contributed by atoms with van der Waals surface area (Å²) in [5, 5.41) is 9.73. The second kappa shape index (κ2) is 5.59. The van der Waals surface area contributed by atoms with E-state index < -0.39 is 0 Å². The molecule has 1 aromatic carbocycles. The number of hydrogen-bond donors (Lipinski definition) is 1. The molecule has 1 aromatic heterocycles. The van der Waals surface area contributed by atoms with E-state index in [0.29, 0.717) is 16.9 Å². The predicted molar refractivity (Wildman–Crippen MR) is 67.4 cm³/mol. The van der Waals surface area contributed by atoms with Crippen LogP contribution in [0.15, 0.2) is 40.4 Å². The number of aromatic hydroxyl groups is 1. The SMILES string of the molecule is COc1cc(OC)nc(Sc2ccc(O)cc2)n1. The van der Waals surface area contributed by atoms with Gasteiger partial charge in [-0.05, 0) is 36.0 Å². The molecule has 18 heavy (non-hydrogen) atoms. The van der Waals surface area contributed by atoms with Gasteiger partial charge in [-0.2, -0.15) is 9.97 Å². The number of nitrogens with zero attached hydrogens (tertiary/aromatic N) is 2. The summed E-state index contributed by atoms with van der Waals surface area (Å²) in [6.45, 7) is 0. The van der Waals surface area contributed by atoms with Gasteiger partial charge in [-0.3, -0.25) is 0 Å². The maximum absolute atomic E-state index is 9.21. The minimum Gasteiger partial charge on any atom is -0.508 e. The Hall–Kier alpha value is -1.95. The molecule has 1 heterocycles. The second-order valence-corrected chi connectivity index (χ2v) is 4.37. The molecule has 2 rings (SSSR count). The summed E-state index contributed by atoms with van der Waals surface area (Å²) in [5.74, 6) is 1.12. The number of methoxy groups -OCH3 is 2. The van der Waals surface area contributed by atoms with E-state index in [9.17, 15) is 5.11 Å². The molecule has 0 amide bonds. The maximum Gasteiger partial charge on any atom is 0.220 e. The van der Waals surface area contributed by atoms with Crippen LogP contribution < -0.4 is 9.47 Å². The molecule has 6 heteroatoms. The van der Waals surface area contributed by atoms with Gasteiger partial charge in [0, 0.05) is 4.90 Å². The smallest absolute Gasteiger partial charge is 0.220 e. The van der Waals surface area contributed by atoms with Crippen molar-refractivity contribution in [1.82, 2.24) is 9.97 Å². The molecule has 0 aliphatic carbocycles. The Bertz CT molecular complexity index is 509. The number of phenolic OH excluding ortho intramolecular Hbond substituents is 1. The van der Waals surface area contributed by atoms with Crippen molar-refractivity contribution in [2.24, 2.45) is 0 Å². The van der Waals surface area contributed by atoms with E-state index in [1.54, 1.807) is 30.3 Å².